The van der Waals surface area contributed by atoms with Crippen LogP contribution in [0.5, 0.6) is 0 Å². The van der Waals surface area contributed by atoms with Gasteiger partial charge in [0.15, 0.2) is 11.6 Å². The van der Waals surface area contributed by atoms with Gasteiger partial charge in [-0.2, -0.15) is 0 Å². The summed E-state index contributed by atoms with van der Waals surface area (Å²) in [6, 6.07) is 0. The first-order valence-electron chi connectivity index (χ1n) is 3.84. The average Bonchev–Trinajstić information content (AvgIpc) is 2.69. The molecule has 0 saturated heterocycles. The van der Waals surface area contributed by atoms with E-state index in [9.17, 15) is 9.70 Å². The number of rotatable bonds is 2. The van der Waals surface area contributed by atoms with Crippen LogP contribution in [0.1, 0.15) is 0 Å². The highest BCUT2D eigenvalue weighted by Gasteiger charge is 2.11. The molecular weight excluding hydrogens is 218 g/mol. The second-order valence-electron chi connectivity index (χ2n) is 2.61. The minimum atomic E-state index is -0.666. The van der Waals surface area contributed by atoms with Gasteiger partial charge in [-0.25, -0.2) is 9.97 Å². The number of hydrogen-bond donors (Lipinski definition) is 2. The van der Waals surface area contributed by atoms with Crippen LogP contribution >= 0.6 is 11.3 Å². The summed E-state index contributed by atoms with van der Waals surface area (Å²) in [7, 11) is 0. The monoisotopic (exact) mass is 223 g/mol. The lowest BCUT2D eigenvalue weighted by molar-refractivity contribution is 1.11. The van der Waals surface area contributed by atoms with E-state index in [4.69, 9.17) is 5.73 Å². The summed E-state index contributed by atoms with van der Waals surface area (Å²) >= 11 is 1.36. The van der Waals surface area contributed by atoms with Crippen LogP contribution in [0.15, 0.2) is 20.9 Å². The maximum Gasteiger partial charge on any atom is 0.282 e. The van der Waals surface area contributed by atoms with Crippen LogP contribution in [-0.2, 0) is 0 Å². The van der Waals surface area contributed by atoms with Gasteiger partial charge < -0.3 is 10.7 Å². The number of thiazole rings is 1. The Bertz CT molecular complexity index is 547. The zero-order valence-electron chi connectivity index (χ0n) is 7.30. The Kier molecular flexibility index (Phi) is 2.26. The predicted octanol–water partition coefficient (Wildman–Crippen LogP) is 0.873. The predicted molar refractivity (Wildman–Crippen MR) is 55.8 cm³/mol. The lowest BCUT2D eigenvalue weighted by atomic mass is 10.4. The molecule has 2 rings (SSSR count). The van der Waals surface area contributed by atoms with Gasteiger partial charge in [0.2, 0.25) is 5.69 Å². The molecule has 76 valence electrons. The van der Waals surface area contributed by atoms with Gasteiger partial charge in [0.25, 0.3) is 5.56 Å². The molecule has 0 aliphatic rings. The molecule has 0 radical (unpaired) electrons. The highest BCUT2D eigenvalue weighted by atomic mass is 32.1. The number of H-pyrrole nitrogens is 1. The van der Waals surface area contributed by atoms with Gasteiger partial charge >= 0.3 is 0 Å². The van der Waals surface area contributed by atoms with E-state index in [0.717, 1.165) is 0 Å². The number of nitroso groups, excluding NO2 is 1. The fourth-order valence-corrected chi connectivity index (χ4v) is 1.56. The summed E-state index contributed by atoms with van der Waals surface area (Å²) in [4.78, 5) is 31.7. The number of aromatic amines is 1. The topological polar surface area (TPSA) is 114 Å². The lowest BCUT2D eigenvalue weighted by Crippen LogP contribution is -2.11. The number of anilines is 1. The summed E-state index contributed by atoms with van der Waals surface area (Å²) in [5.74, 6) is 0.0305. The Hall–Kier alpha value is -2.09. The molecule has 0 aliphatic carbocycles. The van der Waals surface area contributed by atoms with E-state index in [1.54, 1.807) is 10.9 Å². The molecular formula is C7H5N5O2S. The largest absolute Gasteiger partial charge is 0.382 e. The van der Waals surface area contributed by atoms with E-state index in [0.29, 0.717) is 5.69 Å². The van der Waals surface area contributed by atoms with E-state index in [-0.39, 0.29) is 11.6 Å². The average molecular weight is 223 g/mol. The van der Waals surface area contributed by atoms with Gasteiger partial charge in [-0.3, -0.25) is 4.79 Å². The molecule has 0 aromatic carbocycles. The molecule has 0 saturated carbocycles. The number of nitrogens with zero attached hydrogens (tertiary/aromatic N) is 3. The number of nitrogens with two attached hydrogens (primary N) is 1. The Morgan fingerprint density at radius 3 is 2.87 bits per heavy atom. The molecule has 0 spiro atoms. The highest BCUT2D eigenvalue weighted by molar-refractivity contribution is 7.07. The van der Waals surface area contributed by atoms with E-state index in [1.807, 2.05) is 0 Å². The van der Waals surface area contributed by atoms with Crippen molar-refractivity contribution in [3.63, 3.8) is 0 Å². The zero-order valence-corrected chi connectivity index (χ0v) is 8.11. The van der Waals surface area contributed by atoms with Crippen molar-refractivity contribution in [2.24, 2.45) is 5.18 Å². The third-order valence-electron chi connectivity index (χ3n) is 1.69. The molecule has 2 aromatic rings. The van der Waals surface area contributed by atoms with Gasteiger partial charge in [0.05, 0.1) is 5.51 Å². The number of hydrogen-bond acceptors (Lipinski definition) is 7. The molecule has 3 N–H and O–H groups in total. The van der Waals surface area contributed by atoms with Crippen LogP contribution in [0.3, 0.4) is 0 Å². The molecule has 2 heterocycles. The highest BCUT2D eigenvalue weighted by Crippen LogP contribution is 2.18. The van der Waals surface area contributed by atoms with Crippen molar-refractivity contribution in [3.8, 4) is 11.5 Å². The summed E-state index contributed by atoms with van der Waals surface area (Å²) in [5.41, 5.74) is 6.41. The fraction of sp³-hybridized carbons (Fsp3) is 0. The van der Waals surface area contributed by atoms with Crippen molar-refractivity contribution < 1.29 is 0 Å². The molecule has 0 aliphatic heterocycles. The number of nitrogen functional groups attached to an aromatic ring is 1. The second kappa shape index (κ2) is 3.58. The Labute approximate surface area is 87.0 Å². The first kappa shape index (κ1) is 9.46. The van der Waals surface area contributed by atoms with Crippen LogP contribution in [0.4, 0.5) is 11.5 Å². The Morgan fingerprint density at radius 2 is 2.33 bits per heavy atom. The van der Waals surface area contributed by atoms with Crippen LogP contribution in [0.25, 0.3) is 11.5 Å². The van der Waals surface area contributed by atoms with E-state index in [1.165, 1.54) is 11.3 Å². The minimum absolute atomic E-state index is 0.197. The van der Waals surface area contributed by atoms with E-state index in [2.05, 4.69) is 20.1 Å². The number of aromatic nitrogens is 3. The Balaban J connectivity index is 2.63. The molecule has 0 atom stereocenters. The van der Waals surface area contributed by atoms with Gasteiger partial charge in [-0.15, -0.1) is 16.2 Å². The maximum atomic E-state index is 11.3. The van der Waals surface area contributed by atoms with Gasteiger partial charge in [0.1, 0.15) is 5.69 Å². The van der Waals surface area contributed by atoms with Crippen LogP contribution in [-0.4, -0.2) is 15.0 Å². The first-order chi connectivity index (χ1) is 7.22. The van der Waals surface area contributed by atoms with Crippen molar-refractivity contribution in [2.75, 3.05) is 5.73 Å². The van der Waals surface area contributed by atoms with Crippen LogP contribution in [0.2, 0.25) is 0 Å². The van der Waals surface area contributed by atoms with E-state index < -0.39 is 11.2 Å². The molecule has 15 heavy (non-hydrogen) atoms. The SMILES string of the molecule is Nc1nc(-c2cscn2)[nH]c(=O)c1N=O. The fourth-order valence-electron chi connectivity index (χ4n) is 1.02. The summed E-state index contributed by atoms with van der Waals surface area (Å²) in [6.45, 7) is 0. The molecule has 0 unspecified atom stereocenters. The van der Waals surface area contributed by atoms with Crippen molar-refractivity contribution >= 4 is 22.8 Å². The smallest absolute Gasteiger partial charge is 0.282 e. The van der Waals surface area contributed by atoms with Crippen LogP contribution < -0.4 is 11.3 Å². The normalized spacial score (nSPS) is 10.1. The summed E-state index contributed by atoms with van der Waals surface area (Å²) in [5, 5.41) is 4.19. The molecule has 0 fully saturated rings. The maximum absolute atomic E-state index is 11.3. The minimum Gasteiger partial charge on any atom is -0.382 e. The van der Waals surface area contributed by atoms with E-state index >= 15 is 0 Å². The first-order valence-corrected chi connectivity index (χ1v) is 4.78. The van der Waals surface area contributed by atoms with Crippen LogP contribution in [0, 0.1) is 4.91 Å². The van der Waals surface area contributed by atoms with Crippen molar-refractivity contribution in [2.45, 2.75) is 0 Å². The standard InChI is InChI=1S/C7H5N5O2S/c8-5-4(12-14)7(13)11-6(10-5)3-1-15-2-9-3/h1-2H,(H3,8,10,11,13). The van der Waals surface area contributed by atoms with Crippen molar-refractivity contribution in [1.82, 2.24) is 15.0 Å². The summed E-state index contributed by atoms with van der Waals surface area (Å²) in [6.07, 6.45) is 0. The van der Waals surface area contributed by atoms with Crippen molar-refractivity contribution in [3.05, 3.63) is 26.2 Å². The quantitative estimate of drug-likeness (QED) is 0.733. The second-order valence-corrected chi connectivity index (χ2v) is 3.33. The third kappa shape index (κ3) is 1.62. The summed E-state index contributed by atoms with van der Waals surface area (Å²) < 4.78 is 0. The zero-order chi connectivity index (χ0) is 10.8. The number of nitrogens with one attached hydrogen (secondary N) is 1. The third-order valence-corrected chi connectivity index (χ3v) is 2.27. The molecule has 8 heteroatoms. The molecule has 7 nitrogen and oxygen atoms in total. The van der Waals surface area contributed by atoms with Crippen molar-refractivity contribution in [1.29, 1.82) is 0 Å². The Morgan fingerprint density at radius 1 is 1.53 bits per heavy atom. The molecule has 0 amide bonds. The molecule has 0 bridgehead atoms. The molecule has 2 aromatic heterocycles. The van der Waals surface area contributed by atoms with Gasteiger partial charge in [-0.05, 0) is 5.18 Å². The lowest BCUT2D eigenvalue weighted by Gasteiger charge is -1.98. The van der Waals surface area contributed by atoms with Gasteiger partial charge in [0, 0.05) is 5.38 Å². The van der Waals surface area contributed by atoms with Gasteiger partial charge in [-0.1, -0.05) is 0 Å².